The Morgan fingerprint density at radius 3 is 2.62 bits per heavy atom. The predicted octanol–water partition coefficient (Wildman–Crippen LogP) is 3.38. The summed E-state index contributed by atoms with van der Waals surface area (Å²) in [5, 5.41) is 5.98. The summed E-state index contributed by atoms with van der Waals surface area (Å²) in [7, 11) is 1.89. The molecule has 2 aromatic carbocycles. The topological polar surface area (TPSA) is 50.4 Å². The average Bonchev–Trinajstić information content (AvgIpc) is 2.60. The van der Waals surface area contributed by atoms with E-state index in [1.165, 1.54) is 5.56 Å². The van der Waals surface area contributed by atoms with Crippen molar-refractivity contribution in [3.8, 4) is 0 Å². The fourth-order valence-corrected chi connectivity index (χ4v) is 2.41. The number of rotatable bonds is 10. The van der Waals surface area contributed by atoms with Crippen molar-refractivity contribution in [3.63, 3.8) is 0 Å². The molecule has 0 spiro atoms. The molecule has 2 N–H and O–H groups in total. The maximum Gasteiger partial charge on any atom is 0.224 e. The van der Waals surface area contributed by atoms with Crippen LogP contribution in [0.5, 0.6) is 0 Å². The van der Waals surface area contributed by atoms with Crippen LogP contribution in [0.15, 0.2) is 54.6 Å². The van der Waals surface area contributed by atoms with Crippen molar-refractivity contribution in [3.05, 3.63) is 65.7 Å². The standard InChI is InChI=1S/C20H26N2O2/c1-21-13-6-11-20(23)22-19-10-5-9-18(15-19)16-24-14-12-17-7-3-2-4-8-17/h2-5,7-10,15,21H,6,11-14,16H2,1H3,(H,22,23). The van der Waals surface area contributed by atoms with Crippen LogP contribution in [0, 0.1) is 0 Å². The van der Waals surface area contributed by atoms with Gasteiger partial charge in [-0.25, -0.2) is 0 Å². The van der Waals surface area contributed by atoms with Gasteiger partial charge in [-0.2, -0.15) is 0 Å². The van der Waals surface area contributed by atoms with Crippen LogP contribution in [-0.4, -0.2) is 26.1 Å². The molecule has 0 aliphatic heterocycles. The summed E-state index contributed by atoms with van der Waals surface area (Å²) in [5.74, 6) is 0.0485. The van der Waals surface area contributed by atoms with Crippen molar-refractivity contribution in [2.45, 2.75) is 25.9 Å². The fourth-order valence-electron chi connectivity index (χ4n) is 2.41. The lowest BCUT2D eigenvalue weighted by molar-refractivity contribution is -0.116. The third-order valence-corrected chi connectivity index (χ3v) is 3.69. The first-order chi connectivity index (χ1) is 11.8. The highest BCUT2D eigenvalue weighted by atomic mass is 16.5. The minimum absolute atomic E-state index is 0.0485. The monoisotopic (exact) mass is 326 g/mol. The Morgan fingerprint density at radius 1 is 1.04 bits per heavy atom. The highest BCUT2D eigenvalue weighted by Gasteiger charge is 2.03. The van der Waals surface area contributed by atoms with Crippen molar-refractivity contribution in [2.75, 3.05) is 25.5 Å². The number of nitrogens with one attached hydrogen (secondary N) is 2. The molecule has 2 aromatic rings. The van der Waals surface area contributed by atoms with Gasteiger partial charge in [0.25, 0.3) is 0 Å². The van der Waals surface area contributed by atoms with Crippen LogP contribution in [0.3, 0.4) is 0 Å². The van der Waals surface area contributed by atoms with E-state index in [9.17, 15) is 4.79 Å². The van der Waals surface area contributed by atoms with Gasteiger partial charge >= 0.3 is 0 Å². The highest BCUT2D eigenvalue weighted by Crippen LogP contribution is 2.12. The molecule has 0 aromatic heterocycles. The van der Waals surface area contributed by atoms with E-state index in [0.717, 1.165) is 30.6 Å². The van der Waals surface area contributed by atoms with Gasteiger partial charge in [-0.05, 0) is 49.7 Å². The van der Waals surface area contributed by atoms with E-state index < -0.39 is 0 Å². The maximum absolute atomic E-state index is 11.8. The summed E-state index contributed by atoms with van der Waals surface area (Å²) in [5.41, 5.74) is 3.17. The number of anilines is 1. The van der Waals surface area contributed by atoms with Crippen LogP contribution in [-0.2, 0) is 22.6 Å². The number of hydrogen-bond acceptors (Lipinski definition) is 3. The molecule has 0 aliphatic carbocycles. The highest BCUT2D eigenvalue weighted by molar-refractivity contribution is 5.90. The average molecular weight is 326 g/mol. The zero-order valence-electron chi connectivity index (χ0n) is 14.3. The normalized spacial score (nSPS) is 10.5. The summed E-state index contributed by atoms with van der Waals surface area (Å²) in [4.78, 5) is 11.8. The molecule has 2 rings (SSSR count). The molecule has 0 radical (unpaired) electrons. The second kappa shape index (κ2) is 10.6. The molecule has 0 fully saturated rings. The Labute approximate surface area is 144 Å². The number of benzene rings is 2. The first kappa shape index (κ1) is 18.2. The molecule has 1 amide bonds. The second-order valence-corrected chi connectivity index (χ2v) is 5.74. The molecular weight excluding hydrogens is 300 g/mol. The maximum atomic E-state index is 11.8. The van der Waals surface area contributed by atoms with Crippen molar-refractivity contribution in [1.29, 1.82) is 0 Å². The summed E-state index contributed by atoms with van der Waals surface area (Å²) >= 11 is 0. The lowest BCUT2D eigenvalue weighted by atomic mass is 10.2. The minimum Gasteiger partial charge on any atom is -0.376 e. The van der Waals surface area contributed by atoms with Gasteiger partial charge in [0.2, 0.25) is 5.91 Å². The van der Waals surface area contributed by atoms with E-state index in [2.05, 4.69) is 22.8 Å². The second-order valence-electron chi connectivity index (χ2n) is 5.74. The lowest BCUT2D eigenvalue weighted by Crippen LogP contribution is -2.15. The van der Waals surface area contributed by atoms with Crippen molar-refractivity contribution < 1.29 is 9.53 Å². The molecule has 0 atom stereocenters. The van der Waals surface area contributed by atoms with Gasteiger partial charge in [0.05, 0.1) is 13.2 Å². The molecule has 128 valence electrons. The zero-order chi connectivity index (χ0) is 17.0. The number of carbonyl (C=O) groups excluding carboxylic acids is 1. The number of ether oxygens (including phenoxy) is 1. The van der Waals surface area contributed by atoms with Gasteiger partial charge < -0.3 is 15.4 Å². The van der Waals surface area contributed by atoms with Gasteiger partial charge in [-0.15, -0.1) is 0 Å². The molecule has 0 saturated heterocycles. The summed E-state index contributed by atoms with van der Waals surface area (Å²) in [6.45, 7) is 2.09. The van der Waals surface area contributed by atoms with E-state index in [4.69, 9.17) is 4.74 Å². The quantitative estimate of drug-likeness (QED) is 0.658. The molecule has 4 nitrogen and oxygen atoms in total. The fraction of sp³-hybridized carbons (Fsp3) is 0.350. The van der Waals surface area contributed by atoms with E-state index in [1.807, 2.05) is 49.5 Å². The molecular formula is C20H26N2O2. The smallest absolute Gasteiger partial charge is 0.224 e. The Hall–Kier alpha value is -2.17. The van der Waals surface area contributed by atoms with Crippen molar-refractivity contribution in [1.82, 2.24) is 5.32 Å². The summed E-state index contributed by atoms with van der Waals surface area (Å²) < 4.78 is 5.74. The number of carbonyl (C=O) groups is 1. The molecule has 0 heterocycles. The van der Waals surface area contributed by atoms with Gasteiger partial charge in [-0.1, -0.05) is 42.5 Å². The molecule has 0 saturated carbocycles. The Morgan fingerprint density at radius 2 is 1.83 bits per heavy atom. The molecule has 0 unspecified atom stereocenters. The van der Waals surface area contributed by atoms with Gasteiger partial charge in [0, 0.05) is 12.1 Å². The number of amides is 1. The van der Waals surface area contributed by atoms with Crippen LogP contribution in [0.1, 0.15) is 24.0 Å². The zero-order valence-corrected chi connectivity index (χ0v) is 14.3. The van der Waals surface area contributed by atoms with Crippen LogP contribution in [0.4, 0.5) is 5.69 Å². The summed E-state index contributed by atoms with van der Waals surface area (Å²) in [6, 6.07) is 18.1. The lowest BCUT2D eigenvalue weighted by Gasteiger charge is -2.08. The van der Waals surface area contributed by atoms with E-state index in [-0.39, 0.29) is 5.91 Å². The Bertz CT molecular complexity index is 614. The first-order valence-corrected chi connectivity index (χ1v) is 8.43. The summed E-state index contributed by atoms with van der Waals surface area (Å²) in [6.07, 6.45) is 2.27. The Kier molecular flexibility index (Phi) is 8.01. The number of hydrogen-bond donors (Lipinski definition) is 2. The molecule has 0 bridgehead atoms. The van der Waals surface area contributed by atoms with E-state index in [1.54, 1.807) is 0 Å². The first-order valence-electron chi connectivity index (χ1n) is 8.43. The minimum atomic E-state index is 0.0485. The SMILES string of the molecule is CNCCCC(=O)Nc1cccc(COCCc2ccccc2)c1. The van der Waals surface area contributed by atoms with Crippen molar-refractivity contribution >= 4 is 11.6 Å². The van der Waals surface area contributed by atoms with Crippen LogP contribution in [0.25, 0.3) is 0 Å². The van der Waals surface area contributed by atoms with Gasteiger partial charge in [0.1, 0.15) is 0 Å². The third-order valence-electron chi connectivity index (χ3n) is 3.69. The largest absolute Gasteiger partial charge is 0.376 e. The molecule has 4 heteroatoms. The van der Waals surface area contributed by atoms with Crippen LogP contribution >= 0.6 is 0 Å². The van der Waals surface area contributed by atoms with E-state index in [0.29, 0.717) is 19.6 Å². The Balaban J connectivity index is 1.72. The molecule has 24 heavy (non-hydrogen) atoms. The van der Waals surface area contributed by atoms with E-state index >= 15 is 0 Å². The van der Waals surface area contributed by atoms with Crippen LogP contribution in [0.2, 0.25) is 0 Å². The van der Waals surface area contributed by atoms with Crippen LogP contribution < -0.4 is 10.6 Å². The van der Waals surface area contributed by atoms with Gasteiger partial charge in [0.15, 0.2) is 0 Å². The van der Waals surface area contributed by atoms with Crippen molar-refractivity contribution in [2.24, 2.45) is 0 Å². The molecule has 0 aliphatic rings. The van der Waals surface area contributed by atoms with Gasteiger partial charge in [-0.3, -0.25) is 4.79 Å². The predicted molar refractivity (Wildman–Crippen MR) is 98.0 cm³/mol. The third kappa shape index (κ3) is 6.94.